The number of nitrogens with one attached hydrogen (secondary N) is 2. The molecule has 0 atom stereocenters. The standard InChI is InChI=1S/C26H21ClN2O4S/c1-18-17-24(15-16-25(18)28-26(30)19-7-9-20(27)10-8-19)34(31,32)29-21-11-13-23(14-12-21)33-22-5-3-2-4-6-22/h2-17,29H,1H3,(H,28,30). The van der Waals surface area contributed by atoms with Gasteiger partial charge in [0, 0.05) is 22.0 Å². The van der Waals surface area contributed by atoms with Crippen LogP contribution in [0.5, 0.6) is 11.5 Å². The van der Waals surface area contributed by atoms with Gasteiger partial charge < -0.3 is 10.1 Å². The molecule has 0 aromatic heterocycles. The quantitative estimate of drug-likeness (QED) is 0.308. The second kappa shape index (κ2) is 9.99. The largest absolute Gasteiger partial charge is 0.457 e. The fourth-order valence-electron chi connectivity index (χ4n) is 3.17. The SMILES string of the molecule is Cc1cc(S(=O)(=O)Nc2ccc(Oc3ccccc3)cc2)ccc1NC(=O)c1ccc(Cl)cc1. The zero-order valence-corrected chi connectivity index (χ0v) is 19.7. The van der Waals surface area contributed by atoms with Crippen LogP contribution in [0.2, 0.25) is 5.02 Å². The van der Waals surface area contributed by atoms with Crippen molar-refractivity contribution < 1.29 is 17.9 Å². The Morgan fingerprint density at radius 1 is 0.824 bits per heavy atom. The van der Waals surface area contributed by atoms with E-state index >= 15 is 0 Å². The summed E-state index contributed by atoms with van der Waals surface area (Å²) in [5, 5.41) is 3.32. The summed E-state index contributed by atoms with van der Waals surface area (Å²) in [6.45, 7) is 1.73. The average Bonchev–Trinajstić information content (AvgIpc) is 2.82. The molecule has 0 unspecified atom stereocenters. The predicted octanol–water partition coefficient (Wildman–Crippen LogP) is 6.49. The second-order valence-electron chi connectivity index (χ2n) is 7.48. The Morgan fingerprint density at radius 3 is 2.12 bits per heavy atom. The van der Waals surface area contributed by atoms with Crippen LogP contribution in [0.15, 0.2) is 102 Å². The molecule has 0 spiro atoms. The number of amides is 1. The van der Waals surface area contributed by atoms with Gasteiger partial charge in [0.15, 0.2) is 0 Å². The van der Waals surface area contributed by atoms with Gasteiger partial charge in [-0.25, -0.2) is 8.42 Å². The molecule has 0 fully saturated rings. The van der Waals surface area contributed by atoms with Gasteiger partial charge in [0.05, 0.1) is 4.90 Å². The number of carbonyl (C=O) groups is 1. The van der Waals surface area contributed by atoms with Crippen molar-refractivity contribution in [1.82, 2.24) is 0 Å². The third kappa shape index (κ3) is 5.75. The monoisotopic (exact) mass is 492 g/mol. The normalized spacial score (nSPS) is 11.0. The van der Waals surface area contributed by atoms with E-state index in [4.69, 9.17) is 16.3 Å². The van der Waals surface area contributed by atoms with Crippen LogP contribution in [-0.2, 0) is 10.0 Å². The minimum Gasteiger partial charge on any atom is -0.457 e. The highest BCUT2D eigenvalue weighted by Crippen LogP contribution is 2.26. The zero-order valence-electron chi connectivity index (χ0n) is 18.2. The highest BCUT2D eigenvalue weighted by Gasteiger charge is 2.16. The van der Waals surface area contributed by atoms with E-state index in [-0.39, 0.29) is 10.8 Å². The number of para-hydroxylation sites is 1. The molecule has 6 nitrogen and oxygen atoms in total. The number of hydrogen-bond acceptors (Lipinski definition) is 4. The van der Waals surface area contributed by atoms with E-state index in [9.17, 15) is 13.2 Å². The smallest absolute Gasteiger partial charge is 0.261 e. The molecule has 0 saturated heterocycles. The van der Waals surface area contributed by atoms with Crippen LogP contribution >= 0.6 is 11.6 Å². The van der Waals surface area contributed by atoms with Crippen LogP contribution in [0.25, 0.3) is 0 Å². The number of aryl methyl sites for hydroxylation is 1. The molecular formula is C26H21ClN2O4S. The third-order valence-corrected chi connectivity index (χ3v) is 6.58. The summed E-state index contributed by atoms with van der Waals surface area (Å²) < 4.78 is 34.0. The van der Waals surface area contributed by atoms with Crippen molar-refractivity contribution in [3.63, 3.8) is 0 Å². The number of rotatable bonds is 7. The first-order chi connectivity index (χ1) is 16.3. The van der Waals surface area contributed by atoms with E-state index < -0.39 is 10.0 Å². The first-order valence-corrected chi connectivity index (χ1v) is 12.2. The molecule has 0 aliphatic rings. The Bertz CT molecular complexity index is 1410. The minimum atomic E-state index is -3.83. The molecule has 0 heterocycles. The van der Waals surface area contributed by atoms with Crippen LogP contribution in [-0.4, -0.2) is 14.3 Å². The van der Waals surface area contributed by atoms with E-state index in [0.717, 1.165) is 0 Å². The summed E-state index contributed by atoms with van der Waals surface area (Å²) in [6, 6.07) is 26.9. The summed E-state index contributed by atoms with van der Waals surface area (Å²) >= 11 is 5.86. The number of anilines is 2. The van der Waals surface area contributed by atoms with Crippen LogP contribution in [0.3, 0.4) is 0 Å². The molecule has 0 saturated carbocycles. The molecule has 0 aliphatic carbocycles. The van der Waals surface area contributed by atoms with Crippen LogP contribution < -0.4 is 14.8 Å². The highest BCUT2D eigenvalue weighted by atomic mass is 35.5. The van der Waals surface area contributed by atoms with Crippen LogP contribution in [0.1, 0.15) is 15.9 Å². The van der Waals surface area contributed by atoms with Gasteiger partial charge in [0.2, 0.25) is 0 Å². The van der Waals surface area contributed by atoms with Crippen molar-refractivity contribution in [2.24, 2.45) is 0 Å². The number of halogens is 1. The number of ether oxygens (including phenoxy) is 1. The highest BCUT2D eigenvalue weighted by molar-refractivity contribution is 7.92. The second-order valence-corrected chi connectivity index (χ2v) is 9.60. The van der Waals surface area contributed by atoms with Gasteiger partial charge in [0.25, 0.3) is 15.9 Å². The Labute approximate surface area is 203 Å². The van der Waals surface area contributed by atoms with Gasteiger partial charge in [-0.2, -0.15) is 0 Å². The van der Waals surface area contributed by atoms with Gasteiger partial charge >= 0.3 is 0 Å². The first-order valence-electron chi connectivity index (χ1n) is 10.3. The topological polar surface area (TPSA) is 84.5 Å². The average molecular weight is 493 g/mol. The maximum absolute atomic E-state index is 12.9. The van der Waals surface area contributed by atoms with Crippen LogP contribution in [0.4, 0.5) is 11.4 Å². The lowest BCUT2D eigenvalue weighted by Gasteiger charge is -2.13. The molecule has 4 aromatic carbocycles. The van der Waals surface area contributed by atoms with Gasteiger partial charge in [-0.15, -0.1) is 0 Å². The molecule has 8 heteroatoms. The summed E-state index contributed by atoms with van der Waals surface area (Å²) in [5.41, 5.74) is 1.97. The minimum absolute atomic E-state index is 0.0825. The van der Waals surface area contributed by atoms with E-state index in [0.29, 0.717) is 39.0 Å². The number of benzene rings is 4. The Morgan fingerprint density at radius 2 is 1.47 bits per heavy atom. The van der Waals surface area contributed by atoms with Crippen LogP contribution in [0, 0.1) is 6.92 Å². The molecule has 0 bridgehead atoms. The number of hydrogen-bond donors (Lipinski definition) is 2. The van der Waals surface area contributed by atoms with Crippen molar-refractivity contribution >= 4 is 38.9 Å². The lowest BCUT2D eigenvalue weighted by Crippen LogP contribution is -2.15. The van der Waals surface area contributed by atoms with Gasteiger partial charge in [0.1, 0.15) is 11.5 Å². The summed E-state index contributed by atoms with van der Waals surface area (Å²) in [5.74, 6) is 0.964. The Kier molecular flexibility index (Phi) is 6.86. The van der Waals surface area contributed by atoms with E-state index in [1.54, 1.807) is 61.5 Å². The Hall–Kier alpha value is -3.81. The van der Waals surface area contributed by atoms with E-state index in [2.05, 4.69) is 10.0 Å². The molecular weight excluding hydrogens is 472 g/mol. The maximum Gasteiger partial charge on any atom is 0.261 e. The number of carbonyl (C=O) groups excluding carboxylic acids is 1. The number of sulfonamides is 1. The molecule has 0 aliphatic heterocycles. The van der Waals surface area contributed by atoms with E-state index in [1.807, 2.05) is 30.3 Å². The van der Waals surface area contributed by atoms with Gasteiger partial charge in [-0.3, -0.25) is 9.52 Å². The molecule has 172 valence electrons. The molecule has 0 radical (unpaired) electrons. The van der Waals surface area contributed by atoms with Gasteiger partial charge in [-0.1, -0.05) is 29.8 Å². The molecule has 2 N–H and O–H groups in total. The molecule has 4 rings (SSSR count). The maximum atomic E-state index is 12.9. The molecule has 34 heavy (non-hydrogen) atoms. The lowest BCUT2D eigenvalue weighted by molar-refractivity contribution is 0.102. The zero-order chi connectivity index (χ0) is 24.1. The summed E-state index contributed by atoms with van der Waals surface area (Å²) in [6.07, 6.45) is 0. The molecule has 4 aromatic rings. The van der Waals surface area contributed by atoms with Crippen molar-refractivity contribution in [1.29, 1.82) is 0 Å². The summed E-state index contributed by atoms with van der Waals surface area (Å²) in [7, 11) is -3.83. The fraction of sp³-hybridized carbons (Fsp3) is 0.0385. The lowest BCUT2D eigenvalue weighted by atomic mass is 10.1. The summed E-state index contributed by atoms with van der Waals surface area (Å²) in [4.78, 5) is 12.5. The molecule has 1 amide bonds. The van der Waals surface area contributed by atoms with Crippen molar-refractivity contribution in [2.45, 2.75) is 11.8 Å². The van der Waals surface area contributed by atoms with Crippen molar-refractivity contribution in [3.8, 4) is 11.5 Å². The van der Waals surface area contributed by atoms with E-state index in [1.165, 1.54) is 12.1 Å². The van der Waals surface area contributed by atoms with Crippen molar-refractivity contribution in [3.05, 3.63) is 113 Å². The predicted molar refractivity (Wildman–Crippen MR) is 134 cm³/mol. The third-order valence-electron chi connectivity index (χ3n) is 4.95. The van der Waals surface area contributed by atoms with Gasteiger partial charge in [-0.05, 0) is 91.3 Å². The van der Waals surface area contributed by atoms with Crippen molar-refractivity contribution in [2.75, 3.05) is 10.0 Å². The Balaban J connectivity index is 1.44. The fourth-order valence-corrected chi connectivity index (χ4v) is 4.44. The first kappa shape index (κ1) is 23.4.